The zero-order valence-electron chi connectivity index (χ0n) is 15.5. The highest BCUT2D eigenvalue weighted by molar-refractivity contribution is 8.02. The van der Waals surface area contributed by atoms with Crippen LogP contribution in [0, 0.1) is 6.92 Å². The first-order chi connectivity index (χ1) is 13.8. The van der Waals surface area contributed by atoms with Gasteiger partial charge in [-0.25, -0.2) is 0 Å². The van der Waals surface area contributed by atoms with Gasteiger partial charge in [-0.05, 0) is 55.5 Å². The molecule has 4 aromatic rings. The van der Waals surface area contributed by atoms with E-state index in [4.69, 9.17) is 4.74 Å². The molecule has 4 rings (SSSR count). The van der Waals surface area contributed by atoms with E-state index >= 15 is 0 Å². The van der Waals surface area contributed by atoms with Crippen LogP contribution in [0.5, 0.6) is 11.5 Å². The first-order valence-electron chi connectivity index (χ1n) is 9.11. The first-order valence-corrected chi connectivity index (χ1v) is 10.7. The summed E-state index contributed by atoms with van der Waals surface area (Å²) >= 11 is 3.53. The Morgan fingerprint density at radius 1 is 0.536 bits per heavy atom. The number of para-hydroxylation sites is 2. The van der Waals surface area contributed by atoms with Crippen LogP contribution < -0.4 is 4.74 Å². The Kier molecular flexibility index (Phi) is 6.05. The predicted octanol–water partition coefficient (Wildman–Crippen LogP) is 8.09. The third kappa shape index (κ3) is 4.80. The van der Waals surface area contributed by atoms with Crippen molar-refractivity contribution in [2.24, 2.45) is 0 Å². The van der Waals surface area contributed by atoms with Gasteiger partial charge < -0.3 is 4.74 Å². The minimum Gasteiger partial charge on any atom is -0.456 e. The summed E-state index contributed by atoms with van der Waals surface area (Å²) in [5, 5.41) is 0. The predicted molar refractivity (Wildman–Crippen MR) is 119 cm³/mol. The lowest BCUT2D eigenvalue weighted by Gasteiger charge is -2.13. The molecule has 0 bridgehead atoms. The van der Waals surface area contributed by atoms with Gasteiger partial charge in [0, 0.05) is 14.7 Å². The zero-order chi connectivity index (χ0) is 19.2. The van der Waals surface area contributed by atoms with Gasteiger partial charge in [0.1, 0.15) is 11.5 Å². The summed E-state index contributed by atoms with van der Waals surface area (Å²) < 4.78 is 6.13. The maximum atomic E-state index is 6.13. The minimum atomic E-state index is 0.845. The lowest BCUT2D eigenvalue weighted by atomic mass is 10.2. The van der Waals surface area contributed by atoms with Gasteiger partial charge >= 0.3 is 0 Å². The Balaban J connectivity index is 1.59. The van der Waals surface area contributed by atoms with E-state index in [-0.39, 0.29) is 0 Å². The van der Waals surface area contributed by atoms with Gasteiger partial charge in [-0.3, -0.25) is 0 Å². The van der Waals surface area contributed by atoms with E-state index in [1.807, 2.05) is 42.5 Å². The van der Waals surface area contributed by atoms with Gasteiger partial charge in [-0.15, -0.1) is 0 Å². The van der Waals surface area contributed by atoms with Crippen molar-refractivity contribution < 1.29 is 4.74 Å². The number of hydrogen-bond acceptors (Lipinski definition) is 3. The molecule has 138 valence electrons. The van der Waals surface area contributed by atoms with E-state index in [0.717, 1.165) is 16.4 Å². The van der Waals surface area contributed by atoms with Gasteiger partial charge in [0.2, 0.25) is 0 Å². The Bertz CT molecular complexity index is 1040. The Morgan fingerprint density at radius 2 is 1.11 bits per heavy atom. The number of benzene rings is 4. The Hall–Kier alpha value is -2.62. The maximum Gasteiger partial charge on any atom is 0.141 e. The molecule has 4 aromatic carbocycles. The molecule has 0 aliphatic carbocycles. The van der Waals surface area contributed by atoms with Crippen molar-refractivity contribution in [2.75, 3.05) is 0 Å². The molecule has 3 heteroatoms. The van der Waals surface area contributed by atoms with Gasteiger partial charge in [-0.2, -0.15) is 0 Å². The summed E-state index contributed by atoms with van der Waals surface area (Å²) in [6.45, 7) is 2.11. The monoisotopic (exact) mass is 400 g/mol. The summed E-state index contributed by atoms with van der Waals surface area (Å²) in [6, 6.07) is 35.3. The average Bonchev–Trinajstić information content (AvgIpc) is 2.73. The summed E-state index contributed by atoms with van der Waals surface area (Å²) in [6.07, 6.45) is 0. The summed E-state index contributed by atoms with van der Waals surface area (Å²) in [5.41, 5.74) is 1.28. The van der Waals surface area contributed by atoms with Gasteiger partial charge in [-0.1, -0.05) is 83.7 Å². The molecule has 28 heavy (non-hydrogen) atoms. The van der Waals surface area contributed by atoms with Gasteiger partial charge in [0.05, 0.1) is 4.90 Å². The van der Waals surface area contributed by atoms with Crippen LogP contribution in [0.1, 0.15) is 5.56 Å². The van der Waals surface area contributed by atoms with Crippen LogP contribution in [0.25, 0.3) is 0 Å². The van der Waals surface area contributed by atoms with Crippen LogP contribution >= 0.6 is 23.5 Å². The summed E-state index contributed by atoms with van der Waals surface area (Å²) in [5.74, 6) is 1.71. The smallest absolute Gasteiger partial charge is 0.141 e. The van der Waals surface area contributed by atoms with Crippen LogP contribution in [0.15, 0.2) is 123 Å². The maximum absolute atomic E-state index is 6.13. The normalized spacial score (nSPS) is 10.6. The highest BCUT2D eigenvalue weighted by Crippen LogP contribution is 2.42. The Morgan fingerprint density at radius 3 is 1.82 bits per heavy atom. The van der Waals surface area contributed by atoms with E-state index in [1.54, 1.807) is 23.5 Å². The molecule has 0 atom stereocenters. The lowest BCUT2D eigenvalue weighted by molar-refractivity contribution is 0.471. The van der Waals surface area contributed by atoms with Crippen LogP contribution in [-0.4, -0.2) is 0 Å². The van der Waals surface area contributed by atoms with Crippen molar-refractivity contribution in [3.05, 3.63) is 109 Å². The molecule has 0 amide bonds. The fraction of sp³-hybridized carbons (Fsp3) is 0.0400. The van der Waals surface area contributed by atoms with Crippen molar-refractivity contribution in [3.63, 3.8) is 0 Å². The summed E-state index contributed by atoms with van der Waals surface area (Å²) in [4.78, 5) is 4.80. The molecule has 0 saturated heterocycles. The lowest BCUT2D eigenvalue weighted by Crippen LogP contribution is -1.87. The van der Waals surface area contributed by atoms with Crippen LogP contribution in [-0.2, 0) is 0 Å². The third-order valence-corrected chi connectivity index (χ3v) is 6.48. The van der Waals surface area contributed by atoms with E-state index in [2.05, 4.69) is 67.6 Å². The Labute approximate surface area is 174 Å². The van der Waals surface area contributed by atoms with Crippen molar-refractivity contribution in [1.29, 1.82) is 0 Å². The summed E-state index contributed by atoms with van der Waals surface area (Å²) in [7, 11) is 0. The fourth-order valence-electron chi connectivity index (χ4n) is 2.70. The number of hydrogen-bond donors (Lipinski definition) is 0. The number of rotatable bonds is 6. The average molecular weight is 401 g/mol. The second-order valence-electron chi connectivity index (χ2n) is 6.33. The molecule has 0 radical (unpaired) electrons. The van der Waals surface area contributed by atoms with Crippen molar-refractivity contribution in [2.45, 2.75) is 26.5 Å². The molecule has 0 aromatic heterocycles. The van der Waals surface area contributed by atoms with Crippen molar-refractivity contribution in [1.82, 2.24) is 0 Å². The zero-order valence-corrected chi connectivity index (χ0v) is 17.2. The van der Waals surface area contributed by atoms with E-state index in [0.29, 0.717) is 0 Å². The largest absolute Gasteiger partial charge is 0.456 e. The molecule has 0 aliphatic heterocycles. The van der Waals surface area contributed by atoms with E-state index in [1.165, 1.54) is 20.2 Å². The van der Waals surface area contributed by atoms with Crippen LogP contribution in [0.4, 0.5) is 0 Å². The fourth-order valence-corrected chi connectivity index (χ4v) is 4.71. The van der Waals surface area contributed by atoms with Crippen molar-refractivity contribution >= 4 is 23.5 Å². The van der Waals surface area contributed by atoms with Crippen LogP contribution in [0.3, 0.4) is 0 Å². The topological polar surface area (TPSA) is 9.23 Å². The first kappa shape index (κ1) is 18.7. The molecule has 0 aliphatic rings. The number of ether oxygens (including phenoxy) is 1. The molecule has 0 saturated carbocycles. The standard InChI is InChI=1S/C25H20OS2/c1-19-15-17-21(18-16-19)27-24-13-7-8-14-25(24)28-23-12-6-5-11-22(23)26-20-9-3-2-4-10-20/h2-18H,1H3. The molecule has 0 N–H and O–H groups in total. The quantitative estimate of drug-likeness (QED) is 0.324. The molecule has 0 fully saturated rings. The third-order valence-electron chi connectivity index (χ3n) is 4.14. The molecule has 0 heterocycles. The van der Waals surface area contributed by atoms with E-state index in [9.17, 15) is 0 Å². The highest BCUT2D eigenvalue weighted by atomic mass is 32.2. The molecular weight excluding hydrogens is 380 g/mol. The van der Waals surface area contributed by atoms with Gasteiger partial charge in [0.25, 0.3) is 0 Å². The molecule has 0 unspecified atom stereocenters. The van der Waals surface area contributed by atoms with Crippen molar-refractivity contribution in [3.8, 4) is 11.5 Å². The second-order valence-corrected chi connectivity index (χ2v) is 8.52. The van der Waals surface area contributed by atoms with Gasteiger partial charge in [0.15, 0.2) is 0 Å². The molecular formula is C25H20OS2. The van der Waals surface area contributed by atoms with Crippen LogP contribution in [0.2, 0.25) is 0 Å². The number of aryl methyl sites for hydroxylation is 1. The molecule has 0 spiro atoms. The SMILES string of the molecule is Cc1ccc(Sc2ccccc2Sc2ccccc2Oc2ccccc2)cc1. The minimum absolute atomic E-state index is 0.845. The highest BCUT2D eigenvalue weighted by Gasteiger charge is 2.10. The molecule has 1 nitrogen and oxygen atoms in total. The second kappa shape index (κ2) is 9.05. The van der Waals surface area contributed by atoms with E-state index < -0.39 is 0 Å².